The summed E-state index contributed by atoms with van der Waals surface area (Å²) >= 11 is 0. The van der Waals surface area contributed by atoms with Crippen LogP contribution in [0.4, 0.5) is 0 Å². The standard InChI is InChI=1S/C21H19NO4/c1-2-26-21(25)20(24)12-19(23)17-14-22(13-15-8-4-3-5-9-15)18-11-7-6-10-16(17)18/h3-12,14,23H,2,13H2,1H3. The maximum absolute atomic E-state index is 11.8. The molecule has 0 aliphatic heterocycles. The predicted octanol–water partition coefficient (Wildman–Crippen LogP) is 3.72. The van der Waals surface area contributed by atoms with Crippen molar-refractivity contribution in [1.82, 2.24) is 4.57 Å². The third kappa shape index (κ3) is 3.67. The zero-order valence-electron chi connectivity index (χ0n) is 14.4. The zero-order chi connectivity index (χ0) is 18.5. The van der Waals surface area contributed by atoms with Crippen LogP contribution in [0.5, 0.6) is 0 Å². The number of hydrogen-bond acceptors (Lipinski definition) is 4. The Morgan fingerprint density at radius 2 is 1.77 bits per heavy atom. The monoisotopic (exact) mass is 349 g/mol. The lowest BCUT2D eigenvalue weighted by Crippen LogP contribution is -2.15. The van der Waals surface area contributed by atoms with Gasteiger partial charge in [-0.2, -0.15) is 0 Å². The number of hydrogen-bond donors (Lipinski definition) is 1. The van der Waals surface area contributed by atoms with Gasteiger partial charge in [0.05, 0.1) is 6.61 Å². The fourth-order valence-electron chi connectivity index (χ4n) is 2.82. The van der Waals surface area contributed by atoms with Gasteiger partial charge in [-0.15, -0.1) is 0 Å². The highest BCUT2D eigenvalue weighted by molar-refractivity contribution is 6.39. The van der Waals surface area contributed by atoms with Gasteiger partial charge in [-0.3, -0.25) is 4.79 Å². The first-order valence-electron chi connectivity index (χ1n) is 8.34. The molecule has 132 valence electrons. The molecule has 5 heteroatoms. The van der Waals surface area contributed by atoms with Gasteiger partial charge in [0.15, 0.2) is 0 Å². The van der Waals surface area contributed by atoms with Crippen LogP contribution in [0.2, 0.25) is 0 Å². The van der Waals surface area contributed by atoms with Crippen molar-refractivity contribution < 1.29 is 19.4 Å². The Bertz CT molecular complexity index is 970. The number of aliphatic hydroxyl groups is 1. The molecule has 2 aromatic carbocycles. The predicted molar refractivity (Wildman–Crippen MR) is 99.7 cm³/mol. The van der Waals surface area contributed by atoms with E-state index in [4.69, 9.17) is 0 Å². The van der Waals surface area contributed by atoms with Gasteiger partial charge < -0.3 is 14.4 Å². The van der Waals surface area contributed by atoms with Crippen LogP contribution in [0, 0.1) is 0 Å². The second kappa shape index (κ2) is 7.70. The van der Waals surface area contributed by atoms with Gasteiger partial charge in [0.25, 0.3) is 5.78 Å². The van der Waals surface area contributed by atoms with E-state index < -0.39 is 11.8 Å². The summed E-state index contributed by atoms with van der Waals surface area (Å²) < 4.78 is 6.66. The molecule has 0 unspecified atom stereocenters. The molecule has 0 aliphatic carbocycles. The second-order valence-electron chi connectivity index (χ2n) is 5.79. The van der Waals surface area contributed by atoms with Crippen LogP contribution >= 0.6 is 0 Å². The first kappa shape index (κ1) is 17.5. The molecule has 1 N–H and O–H groups in total. The second-order valence-corrected chi connectivity index (χ2v) is 5.79. The normalized spacial score (nSPS) is 11.5. The molecule has 0 aliphatic rings. The molecule has 5 nitrogen and oxygen atoms in total. The molecule has 0 amide bonds. The summed E-state index contributed by atoms with van der Waals surface area (Å²) in [6, 6.07) is 17.5. The molecule has 1 heterocycles. The highest BCUT2D eigenvalue weighted by atomic mass is 16.5. The Morgan fingerprint density at radius 3 is 2.50 bits per heavy atom. The van der Waals surface area contributed by atoms with Gasteiger partial charge in [0.1, 0.15) is 5.76 Å². The highest BCUT2D eigenvalue weighted by Crippen LogP contribution is 2.27. The molecule has 26 heavy (non-hydrogen) atoms. The Balaban J connectivity index is 1.99. The van der Waals surface area contributed by atoms with E-state index in [2.05, 4.69) is 4.74 Å². The van der Waals surface area contributed by atoms with Crippen molar-refractivity contribution in [3.63, 3.8) is 0 Å². The van der Waals surface area contributed by atoms with Crippen molar-refractivity contribution in [3.05, 3.63) is 78.0 Å². The topological polar surface area (TPSA) is 68.5 Å². The van der Waals surface area contributed by atoms with Gasteiger partial charge in [0.2, 0.25) is 0 Å². The number of benzene rings is 2. The maximum Gasteiger partial charge on any atom is 0.379 e. The average molecular weight is 349 g/mol. The summed E-state index contributed by atoms with van der Waals surface area (Å²) in [4.78, 5) is 23.3. The van der Waals surface area contributed by atoms with Crippen LogP contribution in [-0.2, 0) is 20.9 Å². The summed E-state index contributed by atoms with van der Waals surface area (Å²) in [5.74, 6) is -2.12. The molecule has 0 radical (unpaired) electrons. The maximum atomic E-state index is 11.8. The van der Waals surface area contributed by atoms with Gasteiger partial charge in [-0.1, -0.05) is 48.5 Å². The van der Waals surface area contributed by atoms with E-state index >= 15 is 0 Å². The number of rotatable bonds is 6. The Kier molecular flexibility index (Phi) is 5.17. The summed E-state index contributed by atoms with van der Waals surface area (Å²) in [5.41, 5.74) is 2.54. The SMILES string of the molecule is CCOC(=O)C(=O)C=C(O)c1cn(Cc2ccccc2)c2ccccc12. The number of para-hydroxylation sites is 1. The third-order valence-electron chi connectivity index (χ3n) is 4.00. The minimum Gasteiger partial charge on any atom is -0.507 e. The molecule has 0 spiro atoms. The van der Waals surface area contributed by atoms with E-state index in [1.54, 1.807) is 13.1 Å². The number of aromatic nitrogens is 1. The van der Waals surface area contributed by atoms with Crippen molar-refractivity contribution in [3.8, 4) is 0 Å². The average Bonchev–Trinajstić information content (AvgIpc) is 3.01. The van der Waals surface area contributed by atoms with E-state index in [1.807, 2.05) is 59.2 Å². The number of ether oxygens (including phenoxy) is 1. The van der Waals surface area contributed by atoms with E-state index in [0.717, 1.165) is 22.5 Å². The summed E-state index contributed by atoms with van der Waals surface area (Å²) in [7, 11) is 0. The molecule has 0 bridgehead atoms. The quantitative estimate of drug-likeness (QED) is 0.319. The molecule has 3 rings (SSSR count). The summed E-state index contributed by atoms with van der Waals surface area (Å²) in [6.07, 6.45) is 2.69. The van der Waals surface area contributed by atoms with Crippen molar-refractivity contribution in [2.75, 3.05) is 6.61 Å². The van der Waals surface area contributed by atoms with E-state index in [9.17, 15) is 14.7 Å². The smallest absolute Gasteiger partial charge is 0.379 e. The van der Waals surface area contributed by atoms with Gasteiger partial charge in [0, 0.05) is 35.3 Å². The largest absolute Gasteiger partial charge is 0.507 e. The first-order chi connectivity index (χ1) is 12.6. The number of nitrogens with zero attached hydrogens (tertiary/aromatic N) is 1. The minimum atomic E-state index is -0.980. The lowest BCUT2D eigenvalue weighted by atomic mass is 10.1. The molecule has 0 saturated carbocycles. The summed E-state index contributed by atoms with van der Waals surface area (Å²) in [5, 5.41) is 11.2. The van der Waals surface area contributed by atoms with Crippen molar-refractivity contribution in [2.45, 2.75) is 13.5 Å². The molecular weight excluding hydrogens is 330 g/mol. The zero-order valence-corrected chi connectivity index (χ0v) is 14.4. The number of ketones is 1. The van der Waals surface area contributed by atoms with Crippen LogP contribution in [0.1, 0.15) is 18.1 Å². The molecule has 3 aromatic rings. The van der Waals surface area contributed by atoms with Gasteiger partial charge in [-0.25, -0.2) is 4.79 Å². The molecule has 0 fully saturated rings. The van der Waals surface area contributed by atoms with Crippen molar-refractivity contribution >= 4 is 28.4 Å². The fourth-order valence-corrected chi connectivity index (χ4v) is 2.82. The molecule has 1 aromatic heterocycles. The van der Waals surface area contributed by atoms with Crippen LogP contribution in [-0.4, -0.2) is 28.0 Å². The van der Waals surface area contributed by atoms with Crippen molar-refractivity contribution in [1.29, 1.82) is 0 Å². The van der Waals surface area contributed by atoms with E-state index in [0.29, 0.717) is 12.1 Å². The number of carbonyl (C=O) groups is 2. The van der Waals surface area contributed by atoms with Crippen LogP contribution in [0.25, 0.3) is 16.7 Å². The Hall–Kier alpha value is -3.34. The Labute approximate surface area is 151 Å². The first-order valence-corrected chi connectivity index (χ1v) is 8.34. The lowest BCUT2D eigenvalue weighted by molar-refractivity contribution is -0.151. The van der Waals surface area contributed by atoms with Crippen LogP contribution in [0.15, 0.2) is 66.9 Å². The highest BCUT2D eigenvalue weighted by Gasteiger charge is 2.17. The lowest BCUT2D eigenvalue weighted by Gasteiger charge is -2.05. The fraction of sp³-hybridized carbons (Fsp3) is 0.143. The van der Waals surface area contributed by atoms with Gasteiger partial charge in [-0.05, 0) is 18.6 Å². The summed E-state index contributed by atoms with van der Waals surface area (Å²) in [6.45, 7) is 2.35. The van der Waals surface area contributed by atoms with Crippen LogP contribution in [0.3, 0.4) is 0 Å². The third-order valence-corrected chi connectivity index (χ3v) is 4.00. The van der Waals surface area contributed by atoms with E-state index in [1.165, 1.54) is 0 Å². The van der Waals surface area contributed by atoms with Crippen LogP contribution < -0.4 is 0 Å². The van der Waals surface area contributed by atoms with E-state index in [-0.39, 0.29) is 12.4 Å². The molecule has 0 atom stereocenters. The number of carbonyl (C=O) groups excluding carboxylic acids is 2. The number of aliphatic hydroxyl groups excluding tert-OH is 1. The van der Waals surface area contributed by atoms with Gasteiger partial charge >= 0.3 is 5.97 Å². The number of esters is 1. The van der Waals surface area contributed by atoms with Crippen molar-refractivity contribution in [2.24, 2.45) is 0 Å². The Morgan fingerprint density at radius 1 is 1.08 bits per heavy atom. The number of fused-ring (bicyclic) bond motifs is 1. The molecule has 0 saturated heterocycles. The minimum absolute atomic E-state index is 0.107. The molecular formula is C21H19NO4.